The van der Waals surface area contributed by atoms with E-state index in [-0.39, 0.29) is 17.7 Å². The molecule has 1 aliphatic rings. The number of pyridine rings is 1. The van der Waals surface area contributed by atoms with E-state index in [9.17, 15) is 9.59 Å². The third-order valence-corrected chi connectivity index (χ3v) is 3.82. The lowest BCUT2D eigenvalue weighted by Crippen LogP contribution is -2.64. The van der Waals surface area contributed by atoms with Gasteiger partial charge in [-0.25, -0.2) is 0 Å². The van der Waals surface area contributed by atoms with E-state index < -0.39 is 12.1 Å². The van der Waals surface area contributed by atoms with Crippen molar-refractivity contribution in [3.05, 3.63) is 29.6 Å². The van der Waals surface area contributed by atoms with Crippen molar-refractivity contribution < 1.29 is 9.59 Å². The number of hydrogen-bond acceptors (Lipinski definition) is 3. The first kappa shape index (κ1) is 15.5. The molecule has 5 nitrogen and oxygen atoms in total. The van der Waals surface area contributed by atoms with Gasteiger partial charge in [-0.1, -0.05) is 26.8 Å². The Balaban J connectivity index is 2.29. The molecule has 0 bridgehead atoms. The summed E-state index contributed by atoms with van der Waals surface area (Å²) in [7, 11) is 0. The minimum Gasteiger partial charge on any atom is -0.343 e. The van der Waals surface area contributed by atoms with Gasteiger partial charge in [0, 0.05) is 5.69 Å². The zero-order valence-corrected chi connectivity index (χ0v) is 13.1. The molecule has 1 fully saturated rings. The summed E-state index contributed by atoms with van der Waals surface area (Å²) in [5.74, 6) is -0.0141. The molecule has 1 aromatic rings. The number of rotatable bonds is 4. The van der Waals surface area contributed by atoms with E-state index in [0.29, 0.717) is 13.0 Å². The quantitative estimate of drug-likeness (QED) is 0.917. The number of aromatic nitrogens is 1. The van der Waals surface area contributed by atoms with Gasteiger partial charge in [0.2, 0.25) is 11.8 Å². The van der Waals surface area contributed by atoms with Crippen LogP contribution in [-0.4, -0.2) is 33.8 Å². The van der Waals surface area contributed by atoms with Crippen molar-refractivity contribution in [3.63, 3.8) is 0 Å². The molecule has 0 aromatic carbocycles. The highest BCUT2D eigenvalue weighted by molar-refractivity contribution is 5.97. The number of amides is 2. The Hall–Kier alpha value is -1.91. The van der Waals surface area contributed by atoms with Crippen LogP contribution in [0.5, 0.6) is 0 Å². The van der Waals surface area contributed by atoms with Gasteiger partial charge >= 0.3 is 0 Å². The van der Waals surface area contributed by atoms with Crippen LogP contribution in [0.1, 0.15) is 38.6 Å². The van der Waals surface area contributed by atoms with Crippen LogP contribution in [0, 0.1) is 12.8 Å². The van der Waals surface area contributed by atoms with Crippen molar-refractivity contribution in [3.8, 4) is 0 Å². The molecule has 2 rings (SSSR count). The fraction of sp³-hybridized carbons (Fsp3) is 0.562. The fourth-order valence-corrected chi connectivity index (χ4v) is 2.78. The summed E-state index contributed by atoms with van der Waals surface area (Å²) in [6.45, 7) is 8.12. The van der Waals surface area contributed by atoms with Crippen LogP contribution >= 0.6 is 0 Å². The van der Waals surface area contributed by atoms with Crippen molar-refractivity contribution >= 4 is 11.8 Å². The molecule has 0 spiro atoms. The van der Waals surface area contributed by atoms with Crippen LogP contribution in [-0.2, 0) is 16.1 Å². The van der Waals surface area contributed by atoms with Crippen LogP contribution in [0.15, 0.2) is 18.2 Å². The number of carbonyl (C=O) groups excluding carboxylic acids is 2. The second-order valence-electron chi connectivity index (χ2n) is 5.89. The summed E-state index contributed by atoms with van der Waals surface area (Å²) >= 11 is 0. The molecule has 0 aliphatic carbocycles. The normalized spacial score (nSPS) is 22.6. The molecule has 1 aliphatic heterocycles. The number of carbonyl (C=O) groups is 2. The van der Waals surface area contributed by atoms with E-state index >= 15 is 0 Å². The van der Waals surface area contributed by atoms with E-state index in [2.05, 4.69) is 10.3 Å². The second-order valence-corrected chi connectivity index (χ2v) is 5.89. The largest absolute Gasteiger partial charge is 0.343 e. The van der Waals surface area contributed by atoms with Gasteiger partial charge in [-0.2, -0.15) is 0 Å². The maximum absolute atomic E-state index is 12.6. The summed E-state index contributed by atoms with van der Waals surface area (Å²) in [6.07, 6.45) is 0.604. The molecule has 0 saturated carbocycles. The number of aryl methyl sites for hydroxylation is 1. The molecule has 1 N–H and O–H groups in total. The Bertz CT molecular complexity index is 542. The number of piperazine rings is 1. The van der Waals surface area contributed by atoms with Gasteiger partial charge < -0.3 is 10.2 Å². The molecule has 2 amide bonds. The van der Waals surface area contributed by atoms with Gasteiger partial charge in [0.15, 0.2) is 0 Å². The summed E-state index contributed by atoms with van der Waals surface area (Å²) < 4.78 is 0. The molecular formula is C16H23N3O2. The maximum Gasteiger partial charge on any atom is 0.246 e. The maximum atomic E-state index is 12.6. The zero-order chi connectivity index (χ0) is 15.6. The SMILES string of the molecule is CCC1NC(=O)C(C(C)C)N(Cc2cccc(C)n2)C1=O. The highest BCUT2D eigenvalue weighted by Gasteiger charge is 2.41. The van der Waals surface area contributed by atoms with Crippen LogP contribution in [0.3, 0.4) is 0 Å². The average molecular weight is 289 g/mol. The third kappa shape index (κ3) is 3.23. The lowest BCUT2D eigenvalue weighted by molar-refractivity contribution is -0.152. The molecule has 2 unspecified atom stereocenters. The zero-order valence-electron chi connectivity index (χ0n) is 13.1. The molecule has 2 atom stereocenters. The van der Waals surface area contributed by atoms with Crippen molar-refractivity contribution in [2.45, 2.75) is 52.7 Å². The monoisotopic (exact) mass is 289 g/mol. The Morgan fingerprint density at radius 2 is 2.05 bits per heavy atom. The average Bonchev–Trinajstić information content (AvgIpc) is 2.42. The minimum absolute atomic E-state index is 0.0147. The Labute approximate surface area is 125 Å². The topological polar surface area (TPSA) is 62.3 Å². The fourth-order valence-electron chi connectivity index (χ4n) is 2.78. The molecule has 0 radical (unpaired) electrons. The lowest BCUT2D eigenvalue weighted by atomic mass is 9.96. The van der Waals surface area contributed by atoms with Crippen LogP contribution in [0.4, 0.5) is 0 Å². The Morgan fingerprint density at radius 3 is 2.62 bits per heavy atom. The van der Waals surface area contributed by atoms with E-state index in [4.69, 9.17) is 0 Å². The summed E-state index contributed by atoms with van der Waals surface area (Å²) in [5.41, 5.74) is 1.73. The Kier molecular flexibility index (Phi) is 4.60. The molecular weight excluding hydrogens is 266 g/mol. The van der Waals surface area contributed by atoms with E-state index in [1.54, 1.807) is 4.90 Å². The summed E-state index contributed by atoms with van der Waals surface area (Å²) in [4.78, 5) is 31.0. The van der Waals surface area contributed by atoms with E-state index in [1.807, 2.05) is 45.9 Å². The summed E-state index contributed by atoms with van der Waals surface area (Å²) in [6, 6.07) is 4.89. The van der Waals surface area contributed by atoms with Gasteiger partial charge in [0.1, 0.15) is 12.1 Å². The summed E-state index contributed by atoms with van der Waals surface area (Å²) in [5, 5.41) is 2.82. The van der Waals surface area contributed by atoms with Crippen LogP contribution in [0.25, 0.3) is 0 Å². The lowest BCUT2D eigenvalue weighted by Gasteiger charge is -2.40. The van der Waals surface area contributed by atoms with Crippen LogP contribution < -0.4 is 5.32 Å². The predicted molar refractivity (Wildman–Crippen MR) is 80.4 cm³/mol. The molecule has 1 aromatic heterocycles. The smallest absolute Gasteiger partial charge is 0.246 e. The van der Waals surface area contributed by atoms with Gasteiger partial charge in [0.05, 0.1) is 12.2 Å². The van der Waals surface area contributed by atoms with Crippen LogP contribution in [0.2, 0.25) is 0 Å². The highest BCUT2D eigenvalue weighted by Crippen LogP contribution is 2.21. The van der Waals surface area contributed by atoms with Crippen molar-refractivity contribution in [2.75, 3.05) is 0 Å². The number of nitrogens with zero attached hydrogens (tertiary/aromatic N) is 2. The molecule has 1 saturated heterocycles. The molecule has 114 valence electrons. The molecule has 2 heterocycles. The molecule has 5 heteroatoms. The number of nitrogens with one attached hydrogen (secondary N) is 1. The highest BCUT2D eigenvalue weighted by atomic mass is 16.2. The van der Waals surface area contributed by atoms with E-state index in [0.717, 1.165) is 11.4 Å². The first-order valence-corrected chi connectivity index (χ1v) is 7.47. The van der Waals surface area contributed by atoms with E-state index in [1.165, 1.54) is 0 Å². The first-order chi connectivity index (χ1) is 9.93. The number of hydrogen-bond donors (Lipinski definition) is 1. The van der Waals surface area contributed by atoms with Gasteiger partial charge in [0.25, 0.3) is 0 Å². The van der Waals surface area contributed by atoms with Gasteiger partial charge in [-0.3, -0.25) is 14.6 Å². The van der Waals surface area contributed by atoms with Gasteiger partial charge in [-0.05, 0) is 31.4 Å². The Morgan fingerprint density at radius 1 is 1.33 bits per heavy atom. The van der Waals surface area contributed by atoms with Gasteiger partial charge in [-0.15, -0.1) is 0 Å². The predicted octanol–water partition coefficient (Wildman–Crippen LogP) is 1.65. The van der Waals surface area contributed by atoms with Crippen molar-refractivity contribution in [1.82, 2.24) is 15.2 Å². The minimum atomic E-state index is -0.428. The van der Waals surface area contributed by atoms with Crippen molar-refractivity contribution in [2.24, 2.45) is 5.92 Å². The second kappa shape index (κ2) is 6.24. The van der Waals surface area contributed by atoms with Crippen molar-refractivity contribution in [1.29, 1.82) is 0 Å². The third-order valence-electron chi connectivity index (χ3n) is 3.82. The first-order valence-electron chi connectivity index (χ1n) is 7.47. The molecule has 21 heavy (non-hydrogen) atoms. The standard InChI is InChI=1S/C16H23N3O2/c1-5-13-16(21)19(14(10(2)3)15(20)18-13)9-12-8-6-7-11(4)17-12/h6-8,10,13-14H,5,9H2,1-4H3,(H,18,20).